The van der Waals surface area contributed by atoms with Crippen LogP contribution in [0.15, 0.2) is 30.5 Å². The number of hydrogen-bond donors (Lipinski definition) is 2. The summed E-state index contributed by atoms with van der Waals surface area (Å²) in [5.41, 5.74) is 5.57. The lowest BCUT2D eigenvalue weighted by Gasteiger charge is -2.17. The van der Waals surface area contributed by atoms with Crippen molar-refractivity contribution in [3.05, 3.63) is 58.8 Å². The Morgan fingerprint density at radius 3 is 2.58 bits per heavy atom. The van der Waals surface area contributed by atoms with E-state index in [1.807, 2.05) is 13.8 Å². The normalized spacial score (nSPS) is 10.9. The standard InChI is InChI=1S/C19H22FN5O/c1-12-17(13(2)23-22-12)8-9-18(26)25(3)11-15-10-21-24-19(15)14-4-6-16(20)7-5-14/h4-7,10H,8-9,11H2,1-3H3,(H,21,24)(H,22,23). The van der Waals surface area contributed by atoms with Crippen LogP contribution in [0.5, 0.6) is 0 Å². The largest absolute Gasteiger partial charge is 0.341 e. The molecule has 0 saturated heterocycles. The van der Waals surface area contributed by atoms with Gasteiger partial charge in [0.25, 0.3) is 0 Å². The van der Waals surface area contributed by atoms with Crippen LogP contribution >= 0.6 is 0 Å². The Morgan fingerprint density at radius 1 is 1.19 bits per heavy atom. The predicted octanol–water partition coefficient (Wildman–Crippen LogP) is 3.15. The molecule has 2 heterocycles. The monoisotopic (exact) mass is 355 g/mol. The fourth-order valence-electron chi connectivity index (χ4n) is 3.01. The first kappa shape index (κ1) is 17.8. The number of hydrogen-bond acceptors (Lipinski definition) is 3. The molecule has 0 saturated carbocycles. The molecule has 1 aromatic carbocycles. The highest BCUT2D eigenvalue weighted by molar-refractivity contribution is 5.76. The van der Waals surface area contributed by atoms with Crippen molar-refractivity contribution < 1.29 is 9.18 Å². The van der Waals surface area contributed by atoms with Crippen LogP contribution in [0.4, 0.5) is 4.39 Å². The smallest absolute Gasteiger partial charge is 0.222 e. The molecule has 3 rings (SSSR count). The minimum atomic E-state index is -0.285. The average Bonchev–Trinajstić information content (AvgIpc) is 3.20. The molecule has 0 bridgehead atoms. The van der Waals surface area contributed by atoms with Gasteiger partial charge in [0.15, 0.2) is 0 Å². The van der Waals surface area contributed by atoms with Gasteiger partial charge in [-0.2, -0.15) is 10.2 Å². The minimum Gasteiger partial charge on any atom is -0.341 e. The van der Waals surface area contributed by atoms with E-state index in [1.54, 1.807) is 30.3 Å². The number of amides is 1. The van der Waals surface area contributed by atoms with Crippen molar-refractivity contribution >= 4 is 5.91 Å². The van der Waals surface area contributed by atoms with Gasteiger partial charge < -0.3 is 4.90 Å². The molecule has 1 amide bonds. The molecule has 136 valence electrons. The van der Waals surface area contributed by atoms with E-state index in [2.05, 4.69) is 20.4 Å². The highest BCUT2D eigenvalue weighted by Crippen LogP contribution is 2.22. The van der Waals surface area contributed by atoms with Gasteiger partial charge in [-0.3, -0.25) is 15.0 Å². The molecule has 0 aliphatic heterocycles. The van der Waals surface area contributed by atoms with Gasteiger partial charge in [-0.25, -0.2) is 4.39 Å². The Kier molecular flexibility index (Phi) is 5.16. The summed E-state index contributed by atoms with van der Waals surface area (Å²) in [4.78, 5) is 14.2. The topological polar surface area (TPSA) is 77.7 Å². The van der Waals surface area contributed by atoms with Crippen molar-refractivity contribution in [2.75, 3.05) is 7.05 Å². The number of halogens is 1. The highest BCUT2D eigenvalue weighted by Gasteiger charge is 2.16. The van der Waals surface area contributed by atoms with Crippen molar-refractivity contribution in [1.29, 1.82) is 0 Å². The number of benzene rings is 1. The highest BCUT2D eigenvalue weighted by atomic mass is 19.1. The van der Waals surface area contributed by atoms with Crippen LogP contribution in [0.3, 0.4) is 0 Å². The zero-order chi connectivity index (χ0) is 18.7. The fraction of sp³-hybridized carbons (Fsp3) is 0.316. The molecule has 0 aliphatic carbocycles. The van der Waals surface area contributed by atoms with Crippen molar-refractivity contribution in [3.63, 3.8) is 0 Å². The van der Waals surface area contributed by atoms with Crippen LogP contribution in [0.2, 0.25) is 0 Å². The molecule has 0 aliphatic rings. The number of nitrogens with zero attached hydrogens (tertiary/aromatic N) is 3. The van der Waals surface area contributed by atoms with E-state index in [4.69, 9.17) is 0 Å². The summed E-state index contributed by atoms with van der Waals surface area (Å²) >= 11 is 0. The number of aryl methyl sites for hydroxylation is 2. The van der Waals surface area contributed by atoms with Crippen LogP contribution in [0.25, 0.3) is 11.3 Å². The third kappa shape index (κ3) is 3.82. The molecule has 0 spiro atoms. The van der Waals surface area contributed by atoms with Gasteiger partial charge in [0.1, 0.15) is 5.82 Å². The second-order valence-electron chi connectivity index (χ2n) is 6.44. The zero-order valence-electron chi connectivity index (χ0n) is 15.1. The Balaban J connectivity index is 1.65. The molecule has 2 aromatic heterocycles. The number of carbonyl (C=O) groups is 1. The molecule has 2 N–H and O–H groups in total. The van der Waals surface area contributed by atoms with Crippen molar-refractivity contribution in [2.24, 2.45) is 0 Å². The maximum Gasteiger partial charge on any atom is 0.222 e. The quantitative estimate of drug-likeness (QED) is 0.713. The summed E-state index contributed by atoms with van der Waals surface area (Å²) in [7, 11) is 1.78. The summed E-state index contributed by atoms with van der Waals surface area (Å²) < 4.78 is 13.1. The number of aromatic amines is 2. The van der Waals surface area contributed by atoms with E-state index < -0.39 is 0 Å². The Labute approximate surface area is 151 Å². The van der Waals surface area contributed by atoms with E-state index in [0.717, 1.165) is 33.8 Å². The van der Waals surface area contributed by atoms with E-state index >= 15 is 0 Å². The number of nitrogens with one attached hydrogen (secondary N) is 2. The molecule has 3 aromatic rings. The van der Waals surface area contributed by atoms with Gasteiger partial charge in [-0.15, -0.1) is 0 Å². The number of aromatic nitrogens is 4. The van der Waals surface area contributed by atoms with E-state index in [1.165, 1.54) is 12.1 Å². The number of rotatable bonds is 6. The predicted molar refractivity (Wildman–Crippen MR) is 96.8 cm³/mol. The molecule has 0 unspecified atom stereocenters. The van der Waals surface area contributed by atoms with Gasteiger partial charge in [0.05, 0.1) is 17.6 Å². The van der Waals surface area contributed by atoms with Gasteiger partial charge >= 0.3 is 0 Å². The Hall–Kier alpha value is -2.96. The van der Waals surface area contributed by atoms with Crippen LogP contribution in [-0.2, 0) is 17.8 Å². The van der Waals surface area contributed by atoms with Gasteiger partial charge in [0, 0.05) is 36.8 Å². The lowest BCUT2D eigenvalue weighted by molar-refractivity contribution is -0.130. The first-order chi connectivity index (χ1) is 12.5. The average molecular weight is 355 g/mol. The lowest BCUT2D eigenvalue weighted by Crippen LogP contribution is -2.26. The van der Waals surface area contributed by atoms with Gasteiger partial charge in [-0.05, 0) is 50.1 Å². The van der Waals surface area contributed by atoms with Crippen LogP contribution in [0.1, 0.15) is 28.9 Å². The van der Waals surface area contributed by atoms with E-state index in [9.17, 15) is 9.18 Å². The summed E-state index contributed by atoms with van der Waals surface area (Å²) in [6, 6.07) is 6.20. The van der Waals surface area contributed by atoms with Gasteiger partial charge in [0.2, 0.25) is 5.91 Å². The van der Waals surface area contributed by atoms with Crippen LogP contribution in [-0.4, -0.2) is 38.2 Å². The van der Waals surface area contributed by atoms with Crippen molar-refractivity contribution in [1.82, 2.24) is 25.3 Å². The maximum absolute atomic E-state index is 13.1. The SMILES string of the molecule is Cc1n[nH]c(C)c1CCC(=O)N(C)Cc1cn[nH]c1-c1ccc(F)cc1. The fourth-order valence-corrected chi connectivity index (χ4v) is 3.01. The van der Waals surface area contributed by atoms with Crippen LogP contribution < -0.4 is 0 Å². The third-order valence-electron chi connectivity index (χ3n) is 4.55. The molecular weight excluding hydrogens is 333 g/mol. The molecule has 0 atom stereocenters. The molecule has 7 heteroatoms. The van der Waals surface area contributed by atoms with Crippen molar-refractivity contribution in [2.45, 2.75) is 33.2 Å². The Bertz CT molecular complexity index is 878. The maximum atomic E-state index is 13.1. The second kappa shape index (κ2) is 7.51. The molecule has 26 heavy (non-hydrogen) atoms. The molecule has 0 radical (unpaired) electrons. The summed E-state index contributed by atoms with van der Waals surface area (Å²) in [5, 5.41) is 14.1. The van der Waals surface area contributed by atoms with Crippen molar-refractivity contribution in [3.8, 4) is 11.3 Å². The first-order valence-electron chi connectivity index (χ1n) is 8.48. The number of H-pyrrole nitrogens is 2. The summed E-state index contributed by atoms with van der Waals surface area (Å²) in [5.74, 6) is -0.233. The Morgan fingerprint density at radius 2 is 1.92 bits per heavy atom. The number of carbonyl (C=O) groups excluding carboxylic acids is 1. The van der Waals surface area contributed by atoms with E-state index in [0.29, 0.717) is 19.4 Å². The molecular formula is C19H22FN5O. The van der Waals surface area contributed by atoms with Gasteiger partial charge in [-0.1, -0.05) is 0 Å². The van der Waals surface area contributed by atoms with Crippen LogP contribution in [0, 0.1) is 19.7 Å². The molecule has 6 nitrogen and oxygen atoms in total. The van der Waals surface area contributed by atoms with E-state index in [-0.39, 0.29) is 11.7 Å². The lowest BCUT2D eigenvalue weighted by atomic mass is 10.1. The summed E-state index contributed by atoms with van der Waals surface area (Å²) in [6.45, 7) is 4.34. The third-order valence-corrected chi connectivity index (χ3v) is 4.55. The zero-order valence-corrected chi connectivity index (χ0v) is 15.1. The summed E-state index contributed by atoms with van der Waals surface area (Å²) in [6.07, 6.45) is 2.78. The minimum absolute atomic E-state index is 0.0521. The second-order valence-corrected chi connectivity index (χ2v) is 6.44. The first-order valence-corrected chi connectivity index (χ1v) is 8.48. The molecule has 0 fully saturated rings.